The van der Waals surface area contributed by atoms with Gasteiger partial charge in [0.2, 0.25) is 0 Å². The van der Waals surface area contributed by atoms with Crippen LogP contribution >= 0.6 is 12.2 Å². The van der Waals surface area contributed by atoms with Crippen molar-refractivity contribution in [3.8, 4) is 11.5 Å². The second kappa shape index (κ2) is 7.81. The third-order valence-corrected chi connectivity index (χ3v) is 2.62. The highest BCUT2D eigenvalue weighted by atomic mass is 32.1. The van der Waals surface area contributed by atoms with Crippen molar-refractivity contribution in [2.24, 2.45) is 0 Å². The molecule has 1 aromatic rings. The van der Waals surface area contributed by atoms with E-state index in [2.05, 4.69) is 10.6 Å². The molecule has 1 aromatic carbocycles. The van der Waals surface area contributed by atoms with Gasteiger partial charge in [0, 0.05) is 37.0 Å². The molecular formula is C13H20N2O3S. The zero-order chi connectivity index (χ0) is 14.3. The van der Waals surface area contributed by atoms with E-state index in [0.717, 1.165) is 5.69 Å². The van der Waals surface area contributed by atoms with Gasteiger partial charge in [0.1, 0.15) is 11.5 Å². The van der Waals surface area contributed by atoms with Crippen LogP contribution in [0.25, 0.3) is 0 Å². The van der Waals surface area contributed by atoms with E-state index in [1.165, 1.54) is 0 Å². The summed E-state index contributed by atoms with van der Waals surface area (Å²) in [6.45, 7) is 2.58. The number of benzene rings is 1. The van der Waals surface area contributed by atoms with Crippen LogP contribution in [-0.2, 0) is 4.74 Å². The topological polar surface area (TPSA) is 51.8 Å². The molecule has 0 amide bonds. The van der Waals surface area contributed by atoms with E-state index >= 15 is 0 Å². The summed E-state index contributed by atoms with van der Waals surface area (Å²) in [7, 11) is 4.87. The number of hydrogen-bond donors (Lipinski definition) is 2. The van der Waals surface area contributed by atoms with E-state index in [4.69, 9.17) is 26.4 Å². The van der Waals surface area contributed by atoms with E-state index in [-0.39, 0.29) is 6.04 Å². The molecule has 0 radical (unpaired) electrons. The molecule has 5 nitrogen and oxygen atoms in total. The van der Waals surface area contributed by atoms with Crippen molar-refractivity contribution < 1.29 is 14.2 Å². The van der Waals surface area contributed by atoms with Crippen molar-refractivity contribution in [3.63, 3.8) is 0 Å². The van der Waals surface area contributed by atoms with E-state index in [1.54, 1.807) is 27.4 Å². The highest BCUT2D eigenvalue weighted by Gasteiger charge is 2.06. The largest absolute Gasteiger partial charge is 0.497 e. The molecule has 0 aliphatic heterocycles. The Morgan fingerprint density at radius 1 is 1.16 bits per heavy atom. The van der Waals surface area contributed by atoms with Gasteiger partial charge in [-0.25, -0.2) is 0 Å². The lowest BCUT2D eigenvalue weighted by atomic mass is 10.3. The molecule has 0 aromatic heterocycles. The van der Waals surface area contributed by atoms with E-state index in [1.807, 2.05) is 19.1 Å². The first-order valence-corrected chi connectivity index (χ1v) is 6.29. The Bertz CT molecular complexity index is 404. The third-order valence-electron chi connectivity index (χ3n) is 2.40. The van der Waals surface area contributed by atoms with Crippen LogP contribution in [0, 0.1) is 0 Å². The average molecular weight is 284 g/mol. The average Bonchev–Trinajstić information content (AvgIpc) is 2.38. The van der Waals surface area contributed by atoms with Crippen LogP contribution in [0.1, 0.15) is 6.92 Å². The van der Waals surface area contributed by atoms with E-state index in [0.29, 0.717) is 23.2 Å². The Hall–Kier alpha value is -1.53. The number of thiocarbonyl (C=S) groups is 1. The monoisotopic (exact) mass is 284 g/mol. The van der Waals surface area contributed by atoms with Gasteiger partial charge in [-0.05, 0) is 19.1 Å². The molecule has 2 N–H and O–H groups in total. The fourth-order valence-electron chi connectivity index (χ4n) is 1.56. The zero-order valence-electron chi connectivity index (χ0n) is 11.6. The minimum Gasteiger partial charge on any atom is -0.497 e. The molecule has 106 valence electrons. The van der Waals surface area contributed by atoms with Crippen LogP contribution in [0.4, 0.5) is 5.69 Å². The van der Waals surface area contributed by atoms with Crippen LogP contribution in [0.2, 0.25) is 0 Å². The molecule has 0 bridgehead atoms. The molecule has 1 unspecified atom stereocenters. The number of rotatable bonds is 6. The van der Waals surface area contributed by atoms with Crippen molar-refractivity contribution >= 4 is 23.0 Å². The molecule has 0 fully saturated rings. The van der Waals surface area contributed by atoms with Gasteiger partial charge in [-0.15, -0.1) is 0 Å². The number of anilines is 1. The maximum Gasteiger partial charge on any atom is 0.171 e. The standard InChI is InChI=1S/C13H20N2O3S/c1-9(8-16-2)14-13(19)15-10-5-11(17-3)7-12(6-10)18-4/h5-7,9H,8H2,1-4H3,(H2,14,15,19). The number of methoxy groups -OCH3 is 3. The van der Waals surface area contributed by atoms with Gasteiger partial charge in [-0.2, -0.15) is 0 Å². The van der Waals surface area contributed by atoms with Crippen LogP contribution < -0.4 is 20.1 Å². The molecule has 1 rings (SSSR count). The van der Waals surface area contributed by atoms with Gasteiger partial charge in [-0.3, -0.25) is 0 Å². The molecule has 0 spiro atoms. The summed E-state index contributed by atoms with van der Waals surface area (Å²) >= 11 is 5.23. The van der Waals surface area contributed by atoms with Crippen LogP contribution in [0.15, 0.2) is 18.2 Å². The molecule has 19 heavy (non-hydrogen) atoms. The second-order valence-electron chi connectivity index (χ2n) is 4.06. The van der Waals surface area contributed by atoms with Gasteiger partial charge in [-0.1, -0.05) is 0 Å². The first-order chi connectivity index (χ1) is 9.08. The lowest BCUT2D eigenvalue weighted by Crippen LogP contribution is -2.38. The van der Waals surface area contributed by atoms with Crippen LogP contribution in [0.5, 0.6) is 11.5 Å². The van der Waals surface area contributed by atoms with Crippen molar-refractivity contribution in [1.29, 1.82) is 0 Å². The Morgan fingerprint density at radius 3 is 2.21 bits per heavy atom. The highest BCUT2D eigenvalue weighted by Crippen LogP contribution is 2.25. The quantitative estimate of drug-likeness (QED) is 0.780. The van der Waals surface area contributed by atoms with Crippen molar-refractivity contribution in [3.05, 3.63) is 18.2 Å². The Labute approximate surface area is 119 Å². The molecule has 0 saturated heterocycles. The Morgan fingerprint density at radius 2 is 1.74 bits per heavy atom. The minimum atomic E-state index is 0.137. The third kappa shape index (κ3) is 5.32. The van der Waals surface area contributed by atoms with E-state index in [9.17, 15) is 0 Å². The predicted molar refractivity (Wildman–Crippen MR) is 80.2 cm³/mol. The van der Waals surface area contributed by atoms with Crippen LogP contribution in [-0.4, -0.2) is 39.1 Å². The minimum absolute atomic E-state index is 0.137. The fraction of sp³-hybridized carbons (Fsp3) is 0.462. The molecule has 0 saturated carbocycles. The van der Waals surface area contributed by atoms with Gasteiger partial charge < -0.3 is 24.8 Å². The summed E-state index contributed by atoms with van der Waals surface area (Å²) in [5.41, 5.74) is 0.804. The second-order valence-corrected chi connectivity index (χ2v) is 4.46. The van der Waals surface area contributed by atoms with Gasteiger partial charge in [0.15, 0.2) is 5.11 Å². The molecular weight excluding hydrogens is 264 g/mol. The molecule has 1 atom stereocenters. The highest BCUT2D eigenvalue weighted by molar-refractivity contribution is 7.80. The lowest BCUT2D eigenvalue weighted by Gasteiger charge is -2.17. The van der Waals surface area contributed by atoms with Gasteiger partial charge in [0.05, 0.1) is 20.8 Å². The summed E-state index contributed by atoms with van der Waals surface area (Å²) < 4.78 is 15.4. The number of ether oxygens (including phenoxy) is 3. The number of hydrogen-bond acceptors (Lipinski definition) is 4. The molecule has 0 aliphatic rings. The van der Waals surface area contributed by atoms with Crippen molar-refractivity contribution in [1.82, 2.24) is 5.32 Å². The summed E-state index contributed by atoms with van der Waals surface area (Å²) in [4.78, 5) is 0. The van der Waals surface area contributed by atoms with Crippen molar-refractivity contribution in [2.45, 2.75) is 13.0 Å². The fourth-order valence-corrected chi connectivity index (χ4v) is 1.88. The Kier molecular flexibility index (Phi) is 6.38. The van der Waals surface area contributed by atoms with Gasteiger partial charge >= 0.3 is 0 Å². The smallest absolute Gasteiger partial charge is 0.171 e. The van der Waals surface area contributed by atoms with Gasteiger partial charge in [0.25, 0.3) is 0 Å². The number of nitrogens with one attached hydrogen (secondary N) is 2. The predicted octanol–water partition coefficient (Wildman–Crippen LogP) is 2.03. The maximum absolute atomic E-state index is 5.23. The first-order valence-electron chi connectivity index (χ1n) is 5.88. The normalized spacial score (nSPS) is 11.6. The summed E-state index contributed by atoms with van der Waals surface area (Å²) in [5.74, 6) is 1.41. The summed E-state index contributed by atoms with van der Waals surface area (Å²) in [6.07, 6.45) is 0. The SMILES string of the molecule is COCC(C)NC(=S)Nc1cc(OC)cc(OC)c1. The van der Waals surface area contributed by atoms with Crippen molar-refractivity contribution in [2.75, 3.05) is 33.3 Å². The molecule has 0 aliphatic carbocycles. The summed E-state index contributed by atoms with van der Waals surface area (Å²) in [5, 5.41) is 6.73. The molecule has 0 heterocycles. The van der Waals surface area contributed by atoms with Crippen LogP contribution in [0.3, 0.4) is 0 Å². The Balaban J connectivity index is 2.67. The van der Waals surface area contributed by atoms with E-state index < -0.39 is 0 Å². The molecule has 6 heteroatoms. The zero-order valence-corrected chi connectivity index (χ0v) is 12.5. The lowest BCUT2D eigenvalue weighted by molar-refractivity contribution is 0.179. The summed E-state index contributed by atoms with van der Waals surface area (Å²) in [6, 6.07) is 5.63. The maximum atomic E-state index is 5.23. The first kappa shape index (κ1) is 15.5.